The number of nitrogens with one attached hydrogen (secondary N) is 1. The van der Waals surface area contributed by atoms with E-state index in [2.05, 4.69) is 39.1 Å². The summed E-state index contributed by atoms with van der Waals surface area (Å²) in [6.07, 6.45) is 0. The van der Waals surface area contributed by atoms with E-state index in [-0.39, 0.29) is 0 Å². The largest absolute Gasteiger partial charge is 0.378 e. The molecule has 0 bridgehead atoms. The number of hydrogen-bond acceptors (Lipinski definition) is 2. The Morgan fingerprint density at radius 1 is 1.12 bits per heavy atom. The van der Waals surface area contributed by atoms with Gasteiger partial charge >= 0.3 is 0 Å². The lowest BCUT2D eigenvalue weighted by Gasteiger charge is -2.28. The maximum absolute atomic E-state index is 5.56. The van der Waals surface area contributed by atoms with Gasteiger partial charge in [0.2, 0.25) is 0 Å². The van der Waals surface area contributed by atoms with Gasteiger partial charge in [-0.2, -0.15) is 0 Å². The van der Waals surface area contributed by atoms with E-state index in [4.69, 9.17) is 4.74 Å². The first-order chi connectivity index (χ1) is 7.61. The molecule has 2 rings (SSSR count). The summed E-state index contributed by atoms with van der Waals surface area (Å²) in [6, 6.07) is 2.64. The average Bonchev–Trinajstić information content (AvgIpc) is 2.28. The lowest BCUT2D eigenvalue weighted by atomic mass is 9.89. The molecule has 1 fully saturated rings. The summed E-state index contributed by atoms with van der Waals surface area (Å²) >= 11 is 0. The Morgan fingerprint density at radius 2 is 1.75 bits per heavy atom. The molecule has 0 saturated carbocycles. The second-order valence-electron chi connectivity index (χ2n) is 4.76. The Bertz CT molecular complexity index is 366. The molecule has 1 saturated heterocycles. The van der Waals surface area contributed by atoms with Gasteiger partial charge in [-0.15, -0.1) is 0 Å². The molecule has 0 aliphatic carbocycles. The Balaban J connectivity index is 2.45. The Morgan fingerprint density at radius 3 is 2.25 bits per heavy atom. The zero-order valence-corrected chi connectivity index (χ0v) is 10.7. The fourth-order valence-electron chi connectivity index (χ4n) is 2.52. The average molecular weight is 219 g/mol. The molecule has 1 unspecified atom stereocenters. The van der Waals surface area contributed by atoms with Crippen LogP contribution in [0.2, 0.25) is 0 Å². The first-order valence-electron chi connectivity index (χ1n) is 5.99. The van der Waals surface area contributed by atoms with Crippen LogP contribution in [0.1, 0.15) is 33.9 Å². The minimum Gasteiger partial charge on any atom is -0.378 e. The van der Waals surface area contributed by atoms with Crippen molar-refractivity contribution in [2.75, 3.05) is 19.8 Å². The first-order valence-corrected chi connectivity index (χ1v) is 5.99. The van der Waals surface area contributed by atoms with Gasteiger partial charge in [-0.05, 0) is 55.5 Å². The van der Waals surface area contributed by atoms with Gasteiger partial charge in [0.25, 0.3) is 0 Å². The summed E-state index contributed by atoms with van der Waals surface area (Å²) < 4.78 is 5.56. The maximum Gasteiger partial charge on any atom is 0.0662 e. The van der Waals surface area contributed by atoms with Gasteiger partial charge in [0.05, 0.1) is 19.3 Å². The van der Waals surface area contributed by atoms with Gasteiger partial charge in [0.15, 0.2) is 0 Å². The highest BCUT2D eigenvalue weighted by Crippen LogP contribution is 2.28. The number of rotatable bonds is 1. The van der Waals surface area contributed by atoms with Crippen molar-refractivity contribution >= 4 is 0 Å². The minimum atomic E-state index is 0.368. The topological polar surface area (TPSA) is 21.3 Å². The van der Waals surface area contributed by atoms with Crippen molar-refractivity contribution in [1.29, 1.82) is 0 Å². The van der Waals surface area contributed by atoms with E-state index in [9.17, 15) is 0 Å². The van der Waals surface area contributed by atoms with Crippen molar-refractivity contribution in [3.63, 3.8) is 0 Å². The lowest BCUT2D eigenvalue weighted by molar-refractivity contribution is 0.0764. The zero-order chi connectivity index (χ0) is 11.7. The summed E-state index contributed by atoms with van der Waals surface area (Å²) in [5.41, 5.74) is 7.02. The van der Waals surface area contributed by atoms with Crippen LogP contribution in [-0.2, 0) is 4.74 Å². The third kappa shape index (κ3) is 2.00. The predicted octanol–water partition coefficient (Wildman–Crippen LogP) is 2.58. The summed E-state index contributed by atoms with van der Waals surface area (Å²) in [5, 5.41) is 3.55. The Kier molecular flexibility index (Phi) is 3.31. The molecule has 0 spiro atoms. The first kappa shape index (κ1) is 11.6. The van der Waals surface area contributed by atoms with E-state index in [1.807, 2.05) is 0 Å². The van der Waals surface area contributed by atoms with Gasteiger partial charge in [-0.1, -0.05) is 6.07 Å². The minimum absolute atomic E-state index is 0.368. The molecular weight excluding hydrogens is 198 g/mol. The number of ether oxygens (including phenoxy) is 1. The number of aryl methyl sites for hydroxylation is 2. The predicted molar refractivity (Wildman–Crippen MR) is 67.0 cm³/mol. The van der Waals surface area contributed by atoms with E-state index >= 15 is 0 Å². The third-order valence-corrected chi connectivity index (χ3v) is 3.69. The molecule has 16 heavy (non-hydrogen) atoms. The molecule has 1 aromatic rings. The highest BCUT2D eigenvalue weighted by atomic mass is 16.5. The Labute approximate surface area is 98.0 Å². The van der Waals surface area contributed by atoms with Crippen LogP contribution in [-0.4, -0.2) is 19.8 Å². The Hall–Kier alpha value is -0.860. The normalized spacial score (nSPS) is 21.1. The summed E-state index contributed by atoms with van der Waals surface area (Å²) in [4.78, 5) is 0. The van der Waals surface area contributed by atoms with Crippen LogP contribution < -0.4 is 5.32 Å². The number of hydrogen-bond donors (Lipinski definition) is 1. The zero-order valence-electron chi connectivity index (χ0n) is 10.7. The smallest absolute Gasteiger partial charge is 0.0662 e. The quantitative estimate of drug-likeness (QED) is 0.784. The molecule has 0 aromatic heterocycles. The van der Waals surface area contributed by atoms with Gasteiger partial charge in [0.1, 0.15) is 0 Å². The van der Waals surface area contributed by atoms with Crippen molar-refractivity contribution in [2.24, 2.45) is 0 Å². The molecule has 1 heterocycles. The van der Waals surface area contributed by atoms with Crippen LogP contribution in [0.15, 0.2) is 6.07 Å². The molecule has 0 amide bonds. The van der Waals surface area contributed by atoms with Crippen molar-refractivity contribution < 1.29 is 4.74 Å². The van der Waals surface area contributed by atoms with Crippen molar-refractivity contribution in [3.05, 3.63) is 33.9 Å². The van der Waals surface area contributed by atoms with Crippen molar-refractivity contribution in [2.45, 2.75) is 33.7 Å². The molecule has 1 aliphatic heterocycles. The van der Waals surface area contributed by atoms with Crippen LogP contribution in [0.4, 0.5) is 0 Å². The van der Waals surface area contributed by atoms with Crippen molar-refractivity contribution in [1.82, 2.24) is 5.32 Å². The monoisotopic (exact) mass is 219 g/mol. The fourth-order valence-corrected chi connectivity index (χ4v) is 2.52. The van der Waals surface area contributed by atoms with Crippen LogP contribution in [0.3, 0.4) is 0 Å². The van der Waals surface area contributed by atoms with E-state index in [0.29, 0.717) is 6.04 Å². The van der Waals surface area contributed by atoms with E-state index in [0.717, 1.165) is 19.8 Å². The number of benzene rings is 1. The summed E-state index contributed by atoms with van der Waals surface area (Å²) in [7, 11) is 0. The van der Waals surface area contributed by atoms with E-state index in [1.54, 1.807) is 0 Å². The summed E-state index contributed by atoms with van der Waals surface area (Å²) in [6.45, 7) is 11.4. The standard InChI is InChI=1S/C14H21NO/c1-9-7-10(2)12(4)14(11(9)3)13-8-16-6-5-15-13/h7,13,15H,5-6,8H2,1-4H3. The van der Waals surface area contributed by atoms with Gasteiger partial charge in [-0.3, -0.25) is 0 Å². The molecule has 2 heteroatoms. The second kappa shape index (κ2) is 4.56. The molecule has 2 nitrogen and oxygen atoms in total. The molecule has 1 aliphatic rings. The van der Waals surface area contributed by atoms with Crippen LogP contribution in [0.25, 0.3) is 0 Å². The molecule has 1 aromatic carbocycles. The van der Waals surface area contributed by atoms with Crippen LogP contribution in [0, 0.1) is 27.7 Å². The molecular formula is C14H21NO. The SMILES string of the molecule is Cc1cc(C)c(C)c(C2COCCN2)c1C. The lowest BCUT2D eigenvalue weighted by Crippen LogP contribution is -2.35. The van der Waals surface area contributed by atoms with Gasteiger partial charge in [0, 0.05) is 6.54 Å². The molecule has 88 valence electrons. The second-order valence-corrected chi connectivity index (χ2v) is 4.76. The molecule has 0 radical (unpaired) electrons. The third-order valence-electron chi connectivity index (χ3n) is 3.69. The van der Waals surface area contributed by atoms with Gasteiger partial charge in [-0.25, -0.2) is 0 Å². The highest BCUT2D eigenvalue weighted by molar-refractivity contribution is 5.45. The van der Waals surface area contributed by atoms with E-state index < -0.39 is 0 Å². The van der Waals surface area contributed by atoms with Crippen LogP contribution >= 0.6 is 0 Å². The molecule has 1 N–H and O–H groups in total. The van der Waals surface area contributed by atoms with Crippen LogP contribution in [0.5, 0.6) is 0 Å². The number of morpholine rings is 1. The van der Waals surface area contributed by atoms with Gasteiger partial charge < -0.3 is 10.1 Å². The molecule has 1 atom stereocenters. The summed E-state index contributed by atoms with van der Waals surface area (Å²) in [5.74, 6) is 0. The highest BCUT2D eigenvalue weighted by Gasteiger charge is 2.20. The van der Waals surface area contributed by atoms with E-state index in [1.165, 1.54) is 27.8 Å². The maximum atomic E-state index is 5.56. The van der Waals surface area contributed by atoms with Crippen molar-refractivity contribution in [3.8, 4) is 0 Å². The fraction of sp³-hybridized carbons (Fsp3) is 0.571.